The molecule has 0 unspecified atom stereocenters. The van der Waals surface area contributed by atoms with Gasteiger partial charge in [0, 0.05) is 31.5 Å². The van der Waals surface area contributed by atoms with Gasteiger partial charge in [-0.15, -0.1) is 0 Å². The molecule has 0 spiro atoms. The van der Waals surface area contributed by atoms with Gasteiger partial charge in [-0.3, -0.25) is 0 Å². The van der Waals surface area contributed by atoms with Crippen LogP contribution >= 0.6 is 0 Å². The van der Waals surface area contributed by atoms with E-state index in [2.05, 4.69) is 23.5 Å². The predicted octanol–water partition coefficient (Wildman–Crippen LogP) is 0.636. The number of ether oxygens (including phenoxy) is 1. The number of hydrogen-bond donors (Lipinski definition) is 2. The van der Waals surface area contributed by atoms with Crippen LogP contribution in [0.5, 0.6) is 5.75 Å². The van der Waals surface area contributed by atoms with Crippen LogP contribution in [0.25, 0.3) is 0 Å². The first kappa shape index (κ1) is 9.19. The summed E-state index contributed by atoms with van der Waals surface area (Å²) in [4.78, 5) is 0. The van der Waals surface area contributed by atoms with Gasteiger partial charge < -0.3 is 15.8 Å². The average Bonchev–Trinajstić information content (AvgIpc) is 2.84. The van der Waals surface area contributed by atoms with Crippen molar-refractivity contribution < 1.29 is 4.74 Å². The van der Waals surface area contributed by atoms with Gasteiger partial charge in [0.2, 0.25) is 0 Å². The maximum Gasteiger partial charge on any atom is 0.122 e. The van der Waals surface area contributed by atoms with Crippen molar-refractivity contribution in [2.24, 2.45) is 5.73 Å². The van der Waals surface area contributed by atoms with Crippen LogP contribution in [0.1, 0.15) is 17.0 Å². The molecule has 1 aromatic carbocycles. The lowest BCUT2D eigenvalue weighted by molar-refractivity contribution is 0.357. The van der Waals surface area contributed by atoms with Crippen LogP contribution in [0, 0.1) is 0 Å². The van der Waals surface area contributed by atoms with Crippen LogP contribution in [0.3, 0.4) is 0 Å². The van der Waals surface area contributed by atoms with Crippen molar-refractivity contribution in [3.05, 3.63) is 29.3 Å². The van der Waals surface area contributed by atoms with Gasteiger partial charge in [0.1, 0.15) is 5.75 Å². The number of benzene rings is 1. The van der Waals surface area contributed by atoms with Crippen molar-refractivity contribution in [3.63, 3.8) is 0 Å². The van der Waals surface area contributed by atoms with Crippen LogP contribution in [0.4, 0.5) is 0 Å². The van der Waals surface area contributed by atoms with Crippen molar-refractivity contribution in [1.29, 1.82) is 0 Å². The fraction of sp³-hybridized carbons (Fsp3) is 0.500. The molecule has 2 heterocycles. The molecule has 1 fully saturated rings. The average molecular weight is 204 g/mol. The molecule has 3 N–H and O–H groups in total. The molecule has 3 rings (SSSR count). The van der Waals surface area contributed by atoms with Gasteiger partial charge in [-0.2, -0.15) is 0 Å². The highest BCUT2D eigenvalue weighted by molar-refractivity contribution is 5.41. The summed E-state index contributed by atoms with van der Waals surface area (Å²) < 4.78 is 5.50. The Hall–Kier alpha value is -1.06. The predicted molar refractivity (Wildman–Crippen MR) is 59.2 cm³/mol. The normalized spacial score (nSPS) is 28.9. The molecule has 3 nitrogen and oxygen atoms in total. The third-order valence-electron chi connectivity index (χ3n) is 3.40. The van der Waals surface area contributed by atoms with E-state index in [-0.39, 0.29) is 6.04 Å². The van der Waals surface area contributed by atoms with Crippen molar-refractivity contribution >= 4 is 0 Å². The van der Waals surface area contributed by atoms with E-state index in [1.54, 1.807) is 0 Å². The largest absolute Gasteiger partial charge is 0.493 e. The lowest BCUT2D eigenvalue weighted by Crippen LogP contribution is -2.27. The summed E-state index contributed by atoms with van der Waals surface area (Å²) in [6, 6.07) is 6.76. The minimum Gasteiger partial charge on any atom is -0.493 e. The number of nitrogens with one attached hydrogen (secondary N) is 1. The second kappa shape index (κ2) is 3.51. The number of rotatable bonds is 1. The zero-order valence-corrected chi connectivity index (χ0v) is 8.70. The first-order chi connectivity index (χ1) is 7.34. The molecule has 0 bridgehead atoms. The minimum atomic E-state index is 0.255. The van der Waals surface area contributed by atoms with Gasteiger partial charge >= 0.3 is 0 Å². The summed E-state index contributed by atoms with van der Waals surface area (Å²) in [5.74, 6) is 1.52. The second-order valence-corrected chi connectivity index (χ2v) is 4.39. The van der Waals surface area contributed by atoms with Crippen LogP contribution in [-0.2, 0) is 6.42 Å². The SMILES string of the molecule is N[C@@H]1CNC[C@@H]1c1ccc2c(c1)CCO2. The first-order valence-electron chi connectivity index (χ1n) is 5.56. The summed E-state index contributed by atoms with van der Waals surface area (Å²) in [5.41, 5.74) is 8.76. The zero-order chi connectivity index (χ0) is 10.3. The molecule has 2 aliphatic rings. The molecule has 2 atom stereocenters. The lowest BCUT2D eigenvalue weighted by atomic mass is 9.93. The second-order valence-electron chi connectivity index (χ2n) is 4.39. The van der Waals surface area contributed by atoms with E-state index in [1.807, 2.05) is 0 Å². The van der Waals surface area contributed by atoms with Crippen LogP contribution in [0.15, 0.2) is 18.2 Å². The Morgan fingerprint density at radius 3 is 3.07 bits per heavy atom. The van der Waals surface area contributed by atoms with Gasteiger partial charge in [-0.05, 0) is 17.2 Å². The summed E-state index contributed by atoms with van der Waals surface area (Å²) in [7, 11) is 0. The molecule has 0 aliphatic carbocycles. The van der Waals surface area contributed by atoms with Crippen LogP contribution < -0.4 is 15.8 Å². The van der Waals surface area contributed by atoms with E-state index in [0.29, 0.717) is 5.92 Å². The summed E-state index contributed by atoms with van der Waals surface area (Å²) >= 11 is 0. The maximum atomic E-state index is 6.06. The molecule has 15 heavy (non-hydrogen) atoms. The minimum absolute atomic E-state index is 0.255. The van der Waals surface area contributed by atoms with Gasteiger partial charge in [0.05, 0.1) is 6.61 Å². The fourth-order valence-corrected chi connectivity index (χ4v) is 2.50. The number of nitrogens with two attached hydrogens (primary N) is 1. The Morgan fingerprint density at radius 1 is 1.33 bits per heavy atom. The third-order valence-corrected chi connectivity index (χ3v) is 3.40. The van der Waals surface area contributed by atoms with E-state index in [9.17, 15) is 0 Å². The van der Waals surface area contributed by atoms with Crippen molar-refractivity contribution in [2.45, 2.75) is 18.4 Å². The molecule has 2 aliphatic heterocycles. The molecule has 1 aromatic rings. The van der Waals surface area contributed by atoms with E-state index in [4.69, 9.17) is 10.5 Å². The molecule has 1 saturated heterocycles. The Kier molecular flexibility index (Phi) is 2.15. The highest BCUT2D eigenvalue weighted by Gasteiger charge is 2.26. The Labute approximate surface area is 89.6 Å². The Bertz CT molecular complexity index is 378. The highest BCUT2D eigenvalue weighted by atomic mass is 16.5. The van der Waals surface area contributed by atoms with Gasteiger partial charge in [0.15, 0.2) is 0 Å². The van der Waals surface area contributed by atoms with Crippen molar-refractivity contribution in [3.8, 4) is 5.75 Å². The monoisotopic (exact) mass is 204 g/mol. The molecule has 0 aromatic heterocycles. The molecule has 0 radical (unpaired) electrons. The number of fused-ring (bicyclic) bond motifs is 1. The number of hydrogen-bond acceptors (Lipinski definition) is 3. The van der Waals surface area contributed by atoms with Gasteiger partial charge in [-0.25, -0.2) is 0 Å². The van der Waals surface area contributed by atoms with E-state index < -0.39 is 0 Å². The summed E-state index contributed by atoms with van der Waals surface area (Å²) in [6.45, 7) is 2.76. The van der Waals surface area contributed by atoms with Crippen LogP contribution in [0.2, 0.25) is 0 Å². The van der Waals surface area contributed by atoms with Gasteiger partial charge in [0.25, 0.3) is 0 Å². The topological polar surface area (TPSA) is 47.3 Å². The standard InChI is InChI=1S/C12H16N2O/c13-11-7-14-6-10(11)8-1-2-12-9(5-8)3-4-15-12/h1-2,5,10-11,14H,3-4,6-7,13H2/t10-,11-/m1/s1. The van der Waals surface area contributed by atoms with Gasteiger partial charge in [-0.1, -0.05) is 12.1 Å². The van der Waals surface area contributed by atoms with Crippen molar-refractivity contribution in [2.75, 3.05) is 19.7 Å². The molecule has 0 saturated carbocycles. The molecule has 80 valence electrons. The summed E-state index contributed by atoms with van der Waals surface area (Å²) in [5, 5.41) is 3.33. The molecular formula is C12H16N2O. The molecule has 0 amide bonds. The highest BCUT2D eigenvalue weighted by Crippen LogP contribution is 2.30. The third kappa shape index (κ3) is 1.52. The Balaban J connectivity index is 1.92. The molecule has 3 heteroatoms. The molecular weight excluding hydrogens is 188 g/mol. The maximum absolute atomic E-state index is 6.06. The summed E-state index contributed by atoms with van der Waals surface area (Å²) in [6.07, 6.45) is 1.04. The smallest absolute Gasteiger partial charge is 0.122 e. The van der Waals surface area contributed by atoms with Crippen molar-refractivity contribution in [1.82, 2.24) is 5.32 Å². The quantitative estimate of drug-likeness (QED) is 0.705. The first-order valence-corrected chi connectivity index (χ1v) is 5.56. The fourth-order valence-electron chi connectivity index (χ4n) is 2.50. The van der Waals surface area contributed by atoms with E-state index in [0.717, 1.165) is 31.9 Å². The Morgan fingerprint density at radius 2 is 2.27 bits per heavy atom. The lowest BCUT2D eigenvalue weighted by Gasteiger charge is -2.15. The zero-order valence-electron chi connectivity index (χ0n) is 8.70. The van der Waals surface area contributed by atoms with E-state index >= 15 is 0 Å². The van der Waals surface area contributed by atoms with E-state index in [1.165, 1.54) is 11.1 Å². The van der Waals surface area contributed by atoms with Crippen LogP contribution in [-0.4, -0.2) is 25.7 Å².